The maximum atomic E-state index is 12.1. The smallest absolute Gasteiger partial charge is 0.240 e. The number of benzene rings is 2. The number of rotatable bonds is 4. The van der Waals surface area contributed by atoms with E-state index >= 15 is 0 Å². The summed E-state index contributed by atoms with van der Waals surface area (Å²) in [6, 6.07) is 14.6. The average molecular weight is 374 g/mol. The van der Waals surface area contributed by atoms with Crippen LogP contribution in [0.3, 0.4) is 0 Å². The molecule has 1 aliphatic heterocycles. The van der Waals surface area contributed by atoms with Gasteiger partial charge < -0.3 is 10.6 Å². The highest BCUT2D eigenvalue weighted by Crippen LogP contribution is 2.27. The largest absolute Gasteiger partial charge is 0.326 e. The number of aliphatic imine (C=N–C) groups is 1. The van der Waals surface area contributed by atoms with Crippen LogP contribution >= 0.6 is 23.4 Å². The summed E-state index contributed by atoms with van der Waals surface area (Å²) in [5, 5.41) is 6.08. The molecule has 0 saturated carbocycles. The number of halogens is 1. The minimum atomic E-state index is -0.497. The lowest BCUT2D eigenvalue weighted by atomic mass is 10.2. The van der Waals surface area contributed by atoms with Crippen molar-refractivity contribution in [1.29, 1.82) is 0 Å². The first kappa shape index (κ1) is 17.5. The first-order chi connectivity index (χ1) is 12.0. The highest BCUT2D eigenvalue weighted by Gasteiger charge is 2.32. The predicted octanol–water partition coefficient (Wildman–Crippen LogP) is 3.90. The SMILES string of the molecule is Cc1ccc(N=C2NC(=O)[C@H](CC(=O)Nc3ccccc3)S2)cc1Cl. The van der Waals surface area contributed by atoms with Gasteiger partial charge in [-0.3, -0.25) is 9.59 Å². The van der Waals surface area contributed by atoms with Crippen LogP contribution in [0.15, 0.2) is 53.5 Å². The van der Waals surface area contributed by atoms with Crippen LogP contribution in [0, 0.1) is 6.92 Å². The molecule has 2 N–H and O–H groups in total. The topological polar surface area (TPSA) is 70.6 Å². The van der Waals surface area contributed by atoms with E-state index in [4.69, 9.17) is 11.6 Å². The maximum Gasteiger partial charge on any atom is 0.240 e. The zero-order chi connectivity index (χ0) is 17.8. The molecular weight excluding hydrogens is 358 g/mol. The second kappa shape index (κ2) is 7.72. The van der Waals surface area contributed by atoms with Crippen molar-refractivity contribution in [2.45, 2.75) is 18.6 Å². The molecule has 0 radical (unpaired) electrons. The van der Waals surface area contributed by atoms with Crippen LogP contribution in [0.1, 0.15) is 12.0 Å². The summed E-state index contributed by atoms with van der Waals surface area (Å²) in [5.41, 5.74) is 2.33. The molecular formula is C18H16ClN3O2S. The van der Waals surface area contributed by atoms with Crippen molar-refractivity contribution in [2.24, 2.45) is 4.99 Å². The van der Waals surface area contributed by atoms with E-state index in [1.807, 2.05) is 37.3 Å². The molecule has 2 aromatic carbocycles. The molecule has 0 unspecified atom stereocenters. The summed E-state index contributed by atoms with van der Waals surface area (Å²) in [7, 11) is 0. The standard InChI is InChI=1S/C18H16ClN3O2S/c1-11-7-8-13(9-14(11)19)21-18-22-17(24)15(25-18)10-16(23)20-12-5-3-2-4-6-12/h2-9,15H,10H2,1H3,(H,20,23)(H,21,22,24)/t15-/m0/s1. The number of hydrogen-bond acceptors (Lipinski definition) is 4. The average Bonchev–Trinajstić information content (AvgIpc) is 2.91. The van der Waals surface area contributed by atoms with Gasteiger partial charge in [-0.25, -0.2) is 4.99 Å². The fourth-order valence-corrected chi connectivity index (χ4v) is 3.43. The molecule has 1 atom stereocenters. The fourth-order valence-electron chi connectivity index (χ4n) is 2.26. The Labute approximate surface area is 154 Å². The molecule has 2 amide bonds. The zero-order valence-corrected chi connectivity index (χ0v) is 15.0. The summed E-state index contributed by atoms with van der Waals surface area (Å²) in [6.45, 7) is 1.91. The summed E-state index contributed by atoms with van der Waals surface area (Å²) in [4.78, 5) is 28.5. The highest BCUT2D eigenvalue weighted by molar-refractivity contribution is 8.15. The molecule has 0 spiro atoms. The van der Waals surface area contributed by atoms with Crippen molar-refractivity contribution in [2.75, 3.05) is 5.32 Å². The van der Waals surface area contributed by atoms with Crippen molar-refractivity contribution in [1.82, 2.24) is 5.32 Å². The van der Waals surface area contributed by atoms with Gasteiger partial charge in [-0.15, -0.1) is 0 Å². The van der Waals surface area contributed by atoms with E-state index < -0.39 is 5.25 Å². The Morgan fingerprint density at radius 1 is 1.28 bits per heavy atom. The summed E-state index contributed by atoms with van der Waals surface area (Å²) >= 11 is 7.33. The van der Waals surface area contributed by atoms with Crippen molar-refractivity contribution >= 4 is 51.7 Å². The maximum absolute atomic E-state index is 12.1. The van der Waals surface area contributed by atoms with Gasteiger partial charge in [0.1, 0.15) is 5.25 Å². The molecule has 1 heterocycles. The molecule has 128 valence electrons. The number of nitrogens with one attached hydrogen (secondary N) is 2. The van der Waals surface area contributed by atoms with E-state index in [9.17, 15) is 9.59 Å². The number of amides is 2. The number of nitrogens with zero attached hydrogens (tertiary/aromatic N) is 1. The Kier molecular flexibility index (Phi) is 5.40. The molecule has 3 rings (SSSR count). The molecule has 25 heavy (non-hydrogen) atoms. The third kappa shape index (κ3) is 4.61. The number of thioether (sulfide) groups is 1. The number of amidine groups is 1. The van der Waals surface area contributed by atoms with Gasteiger partial charge in [0, 0.05) is 17.1 Å². The molecule has 1 saturated heterocycles. The molecule has 2 aromatic rings. The van der Waals surface area contributed by atoms with Crippen LogP contribution in [0.5, 0.6) is 0 Å². The second-order valence-corrected chi connectivity index (χ2v) is 7.16. The minimum Gasteiger partial charge on any atom is -0.326 e. The van der Waals surface area contributed by atoms with Crippen LogP contribution in [-0.2, 0) is 9.59 Å². The van der Waals surface area contributed by atoms with Gasteiger partial charge in [0.25, 0.3) is 0 Å². The van der Waals surface area contributed by atoms with E-state index in [-0.39, 0.29) is 18.2 Å². The summed E-state index contributed by atoms with van der Waals surface area (Å²) in [5.74, 6) is -0.427. The van der Waals surface area contributed by atoms with E-state index in [1.54, 1.807) is 18.2 Å². The van der Waals surface area contributed by atoms with E-state index in [0.29, 0.717) is 21.6 Å². The van der Waals surface area contributed by atoms with Gasteiger partial charge in [-0.05, 0) is 36.8 Å². The van der Waals surface area contributed by atoms with E-state index in [2.05, 4.69) is 15.6 Å². The third-order valence-corrected chi connectivity index (χ3v) is 5.08. The Balaban J connectivity index is 1.63. The van der Waals surface area contributed by atoms with Crippen molar-refractivity contribution in [3.63, 3.8) is 0 Å². The number of aryl methyl sites for hydroxylation is 1. The molecule has 1 fully saturated rings. The monoisotopic (exact) mass is 373 g/mol. The Bertz CT molecular complexity index is 839. The van der Waals surface area contributed by atoms with Gasteiger partial charge in [-0.2, -0.15) is 0 Å². The van der Waals surface area contributed by atoms with Gasteiger partial charge in [0.05, 0.1) is 5.69 Å². The zero-order valence-electron chi connectivity index (χ0n) is 13.5. The van der Waals surface area contributed by atoms with Gasteiger partial charge in [0.15, 0.2) is 5.17 Å². The lowest BCUT2D eigenvalue weighted by Gasteiger charge is -2.07. The van der Waals surface area contributed by atoms with E-state index in [0.717, 1.165) is 5.56 Å². The molecule has 1 aliphatic rings. The summed E-state index contributed by atoms with van der Waals surface area (Å²) < 4.78 is 0. The Morgan fingerprint density at radius 2 is 2.04 bits per heavy atom. The van der Waals surface area contributed by atoms with Crippen LogP contribution < -0.4 is 10.6 Å². The van der Waals surface area contributed by atoms with Crippen LogP contribution in [-0.4, -0.2) is 22.2 Å². The molecule has 0 aliphatic carbocycles. The minimum absolute atomic E-state index is 0.0824. The van der Waals surface area contributed by atoms with E-state index in [1.165, 1.54) is 11.8 Å². The van der Waals surface area contributed by atoms with Gasteiger partial charge >= 0.3 is 0 Å². The number of anilines is 1. The fraction of sp³-hybridized carbons (Fsp3) is 0.167. The first-order valence-electron chi connectivity index (χ1n) is 7.68. The number of carbonyl (C=O) groups excluding carboxylic acids is 2. The number of hydrogen-bond donors (Lipinski definition) is 2. The first-order valence-corrected chi connectivity index (χ1v) is 8.94. The number of carbonyl (C=O) groups is 2. The lowest BCUT2D eigenvalue weighted by molar-refractivity contribution is -0.122. The molecule has 5 nitrogen and oxygen atoms in total. The van der Waals surface area contributed by atoms with Gasteiger partial charge in [-0.1, -0.05) is 47.6 Å². The number of para-hydroxylation sites is 1. The van der Waals surface area contributed by atoms with Crippen LogP contribution in [0.25, 0.3) is 0 Å². The highest BCUT2D eigenvalue weighted by atomic mass is 35.5. The van der Waals surface area contributed by atoms with Crippen LogP contribution in [0.4, 0.5) is 11.4 Å². The molecule has 7 heteroatoms. The third-order valence-electron chi connectivity index (χ3n) is 3.59. The Hall–Kier alpha value is -2.31. The van der Waals surface area contributed by atoms with Crippen molar-refractivity contribution in [3.05, 3.63) is 59.1 Å². The Morgan fingerprint density at radius 3 is 2.76 bits per heavy atom. The normalized spacial score (nSPS) is 18.2. The molecule has 0 aromatic heterocycles. The van der Waals surface area contributed by atoms with Crippen molar-refractivity contribution < 1.29 is 9.59 Å². The van der Waals surface area contributed by atoms with Gasteiger partial charge in [0.2, 0.25) is 11.8 Å². The van der Waals surface area contributed by atoms with Crippen molar-refractivity contribution in [3.8, 4) is 0 Å². The molecule has 0 bridgehead atoms. The lowest BCUT2D eigenvalue weighted by Crippen LogP contribution is -2.28. The quantitative estimate of drug-likeness (QED) is 0.853. The summed E-state index contributed by atoms with van der Waals surface area (Å²) in [6.07, 6.45) is 0.0824. The second-order valence-electron chi connectivity index (χ2n) is 5.56. The predicted molar refractivity (Wildman–Crippen MR) is 102 cm³/mol. The van der Waals surface area contributed by atoms with Crippen LogP contribution in [0.2, 0.25) is 5.02 Å².